The fraction of sp³-hybridized carbons (Fsp3) is 0.917. The number of aliphatic hydroxyl groups excluding tert-OH is 1. The van der Waals surface area contributed by atoms with Crippen LogP contribution in [0, 0.1) is 5.92 Å². The highest BCUT2D eigenvalue weighted by atomic mass is 16.5. The zero-order chi connectivity index (χ0) is 12.0. The van der Waals surface area contributed by atoms with Crippen molar-refractivity contribution in [3.63, 3.8) is 0 Å². The van der Waals surface area contributed by atoms with Crippen LogP contribution in [0.3, 0.4) is 0 Å². The van der Waals surface area contributed by atoms with Gasteiger partial charge < -0.3 is 9.84 Å². The van der Waals surface area contributed by atoms with Crippen LogP contribution >= 0.6 is 0 Å². The molecule has 0 aliphatic carbocycles. The number of aliphatic hydroxyl groups is 1. The Morgan fingerprint density at radius 2 is 2.31 bits per heavy atom. The van der Waals surface area contributed by atoms with Gasteiger partial charge in [0.2, 0.25) is 0 Å². The monoisotopic (exact) mass is 229 g/mol. The quantitative estimate of drug-likeness (QED) is 0.715. The van der Waals surface area contributed by atoms with Gasteiger partial charge in [0.1, 0.15) is 0 Å². The van der Waals surface area contributed by atoms with E-state index in [-0.39, 0.29) is 18.5 Å². The fourth-order valence-electron chi connectivity index (χ4n) is 2.40. The van der Waals surface area contributed by atoms with E-state index in [4.69, 9.17) is 9.84 Å². The molecule has 16 heavy (non-hydrogen) atoms. The summed E-state index contributed by atoms with van der Waals surface area (Å²) in [5.74, 6) is -0.224. The molecule has 0 saturated carbocycles. The maximum atomic E-state index is 11.4. The van der Waals surface area contributed by atoms with Crippen LogP contribution in [-0.4, -0.2) is 48.8 Å². The smallest absolute Gasteiger partial charge is 0.309 e. The lowest BCUT2D eigenvalue weighted by Crippen LogP contribution is -2.43. The second kappa shape index (κ2) is 6.86. The Morgan fingerprint density at radius 3 is 2.94 bits per heavy atom. The van der Waals surface area contributed by atoms with Crippen LogP contribution in [-0.2, 0) is 9.53 Å². The second-order valence-electron chi connectivity index (χ2n) is 4.58. The first-order valence-corrected chi connectivity index (χ1v) is 6.11. The van der Waals surface area contributed by atoms with Gasteiger partial charge in [-0.2, -0.15) is 0 Å². The summed E-state index contributed by atoms with van der Waals surface area (Å²) in [5, 5.41) is 9.01. The van der Waals surface area contributed by atoms with Crippen molar-refractivity contribution in [1.29, 1.82) is 0 Å². The lowest BCUT2D eigenvalue weighted by Gasteiger charge is -2.36. The number of nitrogens with zero attached hydrogens (tertiary/aromatic N) is 1. The van der Waals surface area contributed by atoms with Crippen LogP contribution in [0.5, 0.6) is 0 Å². The van der Waals surface area contributed by atoms with E-state index in [0.717, 1.165) is 25.9 Å². The Labute approximate surface area is 97.6 Å². The molecule has 4 nitrogen and oxygen atoms in total. The molecule has 0 amide bonds. The summed E-state index contributed by atoms with van der Waals surface area (Å²) in [7, 11) is 1.43. The third kappa shape index (κ3) is 3.76. The van der Waals surface area contributed by atoms with Gasteiger partial charge in [-0.05, 0) is 25.8 Å². The average Bonchev–Trinajstić information content (AvgIpc) is 2.31. The zero-order valence-electron chi connectivity index (χ0n) is 10.3. The molecule has 0 aromatic rings. The molecule has 94 valence electrons. The molecule has 1 saturated heterocycles. The van der Waals surface area contributed by atoms with Crippen molar-refractivity contribution in [3.05, 3.63) is 0 Å². The molecule has 1 rings (SSSR count). The van der Waals surface area contributed by atoms with Crippen LogP contribution in [0.4, 0.5) is 0 Å². The van der Waals surface area contributed by atoms with Gasteiger partial charge >= 0.3 is 5.97 Å². The van der Waals surface area contributed by atoms with Crippen LogP contribution < -0.4 is 0 Å². The fourth-order valence-corrected chi connectivity index (χ4v) is 2.40. The molecular weight excluding hydrogens is 206 g/mol. The Morgan fingerprint density at radius 1 is 1.56 bits per heavy atom. The van der Waals surface area contributed by atoms with Gasteiger partial charge in [0, 0.05) is 19.2 Å². The minimum atomic E-state index is -0.145. The summed E-state index contributed by atoms with van der Waals surface area (Å²) >= 11 is 0. The Balaban J connectivity index is 2.45. The largest absolute Gasteiger partial charge is 0.469 e. The molecule has 0 aromatic heterocycles. The maximum absolute atomic E-state index is 11.4. The van der Waals surface area contributed by atoms with E-state index in [1.54, 1.807) is 0 Å². The highest BCUT2D eigenvalue weighted by molar-refractivity contribution is 5.72. The molecule has 0 bridgehead atoms. The van der Waals surface area contributed by atoms with E-state index in [9.17, 15) is 4.79 Å². The molecule has 1 aliphatic rings. The molecule has 1 fully saturated rings. The van der Waals surface area contributed by atoms with Gasteiger partial charge in [0.05, 0.1) is 13.0 Å². The first-order chi connectivity index (χ1) is 7.69. The number of piperidine rings is 1. The van der Waals surface area contributed by atoms with Crippen LogP contribution in [0.25, 0.3) is 0 Å². The number of rotatable bonds is 5. The number of ether oxygens (including phenoxy) is 1. The van der Waals surface area contributed by atoms with Crippen molar-refractivity contribution < 1.29 is 14.6 Å². The number of methoxy groups -OCH3 is 1. The molecule has 0 spiro atoms. The van der Waals surface area contributed by atoms with Gasteiger partial charge in [-0.3, -0.25) is 9.69 Å². The first kappa shape index (κ1) is 13.5. The summed E-state index contributed by atoms with van der Waals surface area (Å²) in [6.45, 7) is 3.91. The Hall–Kier alpha value is -0.610. The number of hydrogen-bond acceptors (Lipinski definition) is 4. The highest BCUT2D eigenvalue weighted by Crippen LogP contribution is 2.20. The molecule has 1 N–H and O–H groups in total. The number of carbonyl (C=O) groups is 1. The molecule has 0 aromatic carbocycles. The Bertz CT molecular complexity index is 218. The van der Waals surface area contributed by atoms with Crippen molar-refractivity contribution >= 4 is 5.97 Å². The lowest BCUT2D eigenvalue weighted by atomic mass is 9.98. The number of likely N-dealkylation sites (tertiary alicyclic amines) is 1. The van der Waals surface area contributed by atoms with Crippen LogP contribution in [0.15, 0.2) is 0 Å². The van der Waals surface area contributed by atoms with Crippen molar-refractivity contribution in [2.45, 2.75) is 38.6 Å². The summed E-state index contributed by atoms with van der Waals surface area (Å²) in [6.07, 6.45) is 4.37. The van der Waals surface area contributed by atoms with Crippen molar-refractivity contribution in [2.24, 2.45) is 5.92 Å². The predicted octanol–water partition coefficient (Wildman–Crippen LogP) is 1.03. The normalized spacial score (nSPS) is 24.1. The molecule has 1 aliphatic heterocycles. The molecule has 4 heteroatoms. The summed E-state index contributed by atoms with van der Waals surface area (Å²) < 4.78 is 4.73. The molecule has 1 heterocycles. The second-order valence-corrected chi connectivity index (χ2v) is 4.58. The minimum Gasteiger partial charge on any atom is -0.469 e. The Kier molecular flexibility index (Phi) is 5.77. The summed E-state index contributed by atoms with van der Waals surface area (Å²) in [5.41, 5.74) is 0. The van der Waals surface area contributed by atoms with Crippen molar-refractivity contribution in [1.82, 2.24) is 4.90 Å². The third-order valence-corrected chi connectivity index (χ3v) is 3.32. The molecule has 2 atom stereocenters. The van der Waals surface area contributed by atoms with Gasteiger partial charge in [-0.15, -0.1) is 0 Å². The predicted molar refractivity (Wildman–Crippen MR) is 62.1 cm³/mol. The van der Waals surface area contributed by atoms with Gasteiger partial charge in [-0.25, -0.2) is 0 Å². The van der Waals surface area contributed by atoms with E-state index >= 15 is 0 Å². The van der Waals surface area contributed by atoms with E-state index in [2.05, 4.69) is 4.90 Å². The van der Waals surface area contributed by atoms with E-state index in [1.165, 1.54) is 20.0 Å². The molecule has 2 unspecified atom stereocenters. The summed E-state index contributed by atoms with van der Waals surface area (Å²) in [4.78, 5) is 13.7. The topological polar surface area (TPSA) is 49.8 Å². The lowest BCUT2D eigenvalue weighted by molar-refractivity contribution is -0.145. The SMILES string of the molecule is COC(=O)C(C)CN1CCCCC1CCO. The zero-order valence-corrected chi connectivity index (χ0v) is 10.3. The van der Waals surface area contributed by atoms with Crippen molar-refractivity contribution in [3.8, 4) is 0 Å². The van der Waals surface area contributed by atoms with E-state index in [1.807, 2.05) is 6.92 Å². The maximum Gasteiger partial charge on any atom is 0.309 e. The van der Waals surface area contributed by atoms with E-state index in [0.29, 0.717) is 6.04 Å². The number of hydrogen-bond donors (Lipinski definition) is 1. The minimum absolute atomic E-state index is 0.0794. The molecular formula is C12H23NO3. The summed E-state index contributed by atoms with van der Waals surface area (Å²) in [6, 6.07) is 0.436. The van der Waals surface area contributed by atoms with Gasteiger partial charge in [0.25, 0.3) is 0 Å². The van der Waals surface area contributed by atoms with Crippen LogP contribution in [0.2, 0.25) is 0 Å². The standard InChI is InChI=1S/C12H23NO3/c1-10(12(15)16-2)9-13-7-4-3-5-11(13)6-8-14/h10-11,14H,3-9H2,1-2H3. The number of carbonyl (C=O) groups excluding carboxylic acids is 1. The van der Waals surface area contributed by atoms with Gasteiger partial charge in [0.15, 0.2) is 0 Å². The third-order valence-electron chi connectivity index (χ3n) is 3.32. The first-order valence-electron chi connectivity index (χ1n) is 6.11. The average molecular weight is 229 g/mol. The van der Waals surface area contributed by atoms with Crippen molar-refractivity contribution in [2.75, 3.05) is 26.8 Å². The highest BCUT2D eigenvalue weighted by Gasteiger charge is 2.25. The number of esters is 1. The van der Waals surface area contributed by atoms with Crippen LogP contribution in [0.1, 0.15) is 32.6 Å². The molecule has 0 radical (unpaired) electrons. The van der Waals surface area contributed by atoms with E-state index < -0.39 is 0 Å². The van der Waals surface area contributed by atoms with Gasteiger partial charge in [-0.1, -0.05) is 13.3 Å².